The second kappa shape index (κ2) is 8.35. The van der Waals surface area contributed by atoms with E-state index in [9.17, 15) is 4.79 Å². The van der Waals surface area contributed by atoms with E-state index in [1.807, 2.05) is 6.08 Å². The van der Waals surface area contributed by atoms with Crippen molar-refractivity contribution in [1.82, 2.24) is 0 Å². The first-order valence-electron chi connectivity index (χ1n) is 6.58. The Hall–Kier alpha value is -1.77. The monoisotopic (exact) mass is 262 g/mol. The van der Waals surface area contributed by atoms with Crippen molar-refractivity contribution in [2.45, 2.75) is 32.1 Å². The topological polar surface area (TPSA) is 35.5 Å². The van der Waals surface area contributed by atoms with Crippen LogP contribution in [0.2, 0.25) is 0 Å². The summed E-state index contributed by atoms with van der Waals surface area (Å²) in [6.07, 6.45) is 6.55. The van der Waals surface area contributed by atoms with Crippen LogP contribution in [0.3, 0.4) is 0 Å². The molecule has 3 heteroatoms. The summed E-state index contributed by atoms with van der Waals surface area (Å²) in [7, 11) is 3.16. The molecule has 0 bridgehead atoms. The maximum absolute atomic E-state index is 12.1. The molecule has 3 nitrogen and oxygen atoms in total. The van der Waals surface area contributed by atoms with Gasteiger partial charge in [0.1, 0.15) is 11.5 Å². The summed E-state index contributed by atoms with van der Waals surface area (Å²) in [5, 5.41) is 0. The maximum atomic E-state index is 12.1. The molecule has 0 atom stereocenters. The second-order valence-corrected chi connectivity index (χ2v) is 4.41. The number of ether oxygens (including phenoxy) is 2. The number of allylic oxidation sites excluding steroid dienone is 1. The Labute approximate surface area is 115 Å². The van der Waals surface area contributed by atoms with Crippen LogP contribution in [-0.2, 0) is 0 Å². The molecule has 0 unspecified atom stereocenters. The quantitative estimate of drug-likeness (QED) is 0.383. The van der Waals surface area contributed by atoms with Crippen molar-refractivity contribution in [3.8, 4) is 11.5 Å². The van der Waals surface area contributed by atoms with E-state index in [0.29, 0.717) is 23.5 Å². The van der Waals surface area contributed by atoms with Crippen LogP contribution in [0.1, 0.15) is 42.5 Å². The van der Waals surface area contributed by atoms with Gasteiger partial charge < -0.3 is 9.47 Å². The van der Waals surface area contributed by atoms with Crippen LogP contribution in [-0.4, -0.2) is 20.0 Å². The molecule has 1 aromatic carbocycles. The minimum absolute atomic E-state index is 0.135. The molecular weight excluding hydrogens is 240 g/mol. The first-order valence-corrected chi connectivity index (χ1v) is 6.58. The number of methoxy groups -OCH3 is 2. The fourth-order valence-electron chi connectivity index (χ4n) is 1.86. The summed E-state index contributed by atoms with van der Waals surface area (Å²) in [4.78, 5) is 12.1. The Morgan fingerprint density at radius 3 is 2.26 bits per heavy atom. The van der Waals surface area contributed by atoms with Crippen LogP contribution in [0.15, 0.2) is 30.9 Å². The summed E-state index contributed by atoms with van der Waals surface area (Å²) in [6, 6.07) is 5.28. The number of benzene rings is 1. The van der Waals surface area contributed by atoms with E-state index in [1.165, 1.54) is 0 Å². The Balaban J connectivity index is 2.58. The smallest absolute Gasteiger partial charge is 0.163 e. The maximum Gasteiger partial charge on any atom is 0.163 e. The van der Waals surface area contributed by atoms with Crippen LogP contribution in [0.4, 0.5) is 0 Å². The van der Waals surface area contributed by atoms with Gasteiger partial charge >= 0.3 is 0 Å². The molecule has 0 saturated heterocycles. The molecule has 19 heavy (non-hydrogen) atoms. The zero-order valence-corrected chi connectivity index (χ0v) is 11.8. The molecule has 0 N–H and O–H groups in total. The Kier molecular flexibility index (Phi) is 6.72. The Morgan fingerprint density at radius 2 is 1.74 bits per heavy atom. The van der Waals surface area contributed by atoms with Crippen molar-refractivity contribution in [3.63, 3.8) is 0 Å². The van der Waals surface area contributed by atoms with Crippen LogP contribution in [0, 0.1) is 0 Å². The second-order valence-electron chi connectivity index (χ2n) is 4.41. The highest BCUT2D eigenvalue weighted by Gasteiger charge is 2.09. The molecule has 0 saturated carbocycles. The zero-order chi connectivity index (χ0) is 14.1. The number of carbonyl (C=O) groups is 1. The van der Waals surface area contributed by atoms with E-state index in [4.69, 9.17) is 9.47 Å². The van der Waals surface area contributed by atoms with E-state index >= 15 is 0 Å². The Morgan fingerprint density at radius 1 is 1.11 bits per heavy atom. The first-order chi connectivity index (χ1) is 9.21. The highest BCUT2D eigenvalue weighted by Crippen LogP contribution is 2.23. The normalized spacial score (nSPS) is 10.0. The molecule has 0 amide bonds. The van der Waals surface area contributed by atoms with Crippen LogP contribution < -0.4 is 9.47 Å². The third-order valence-electron chi connectivity index (χ3n) is 2.99. The zero-order valence-electron chi connectivity index (χ0n) is 11.8. The van der Waals surface area contributed by atoms with Crippen molar-refractivity contribution >= 4 is 5.78 Å². The minimum atomic E-state index is 0.135. The van der Waals surface area contributed by atoms with E-state index in [2.05, 4.69) is 6.58 Å². The molecule has 0 aromatic heterocycles. The van der Waals surface area contributed by atoms with E-state index in [1.54, 1.807) is 32.4 Å². The molecular formula is C16H22O3. The summed E-state index contributed by atoms with van der Waals surface area (Å²) in [5.74, 6) is 1.43. The average molecular weight is 262 g/mol. The molecule has 0 radical (unpaired) electrons. The number of hydrogen-bond acceptors (Lipinski definition) is 3. The predicted molar refractivity (Wildman–Crippen MR) is 77.2 cm³/mol. The highest BCUT2D eigenvalue weighted by atomic mass is 16.5. The largest absolute Gasteiger partial charge is 0.497 e. The lowest BCUT2D eigenvalue weighted by Crippen LogP contribution is -2.00. The fourth-order valence-corrected chi connectivity index (χ4v) is 1.86. The van der Waals surface area contributed by atoms with Crippen molar-refractivity contribution in [3.05, 3.63) is 36.4 Å². The molecule has 1 rings (SSSR count). The number of rotatable bonds is 9. The van der Waals surface area contributed by atoms with Gasteiger partial charge in [0.25, 0.3) is 0 Å². The van der Waals surface area contributed by atoms with Crippen LogP contribution in [0.5, 0.6) is 11.5 Å². The predicted octanol–water partition coefficient (Wildman–Crippen LogP) is 4.02. The lowest BCUT2D eigenvalue weighted by atomic mass is 10.0. The van der Waals surface area contributed by atoms with Gasteiger partial charge in [-0.25, -0.2) is 0 Å². The van der Waals surface area contributed by atoms with Crippen LogP contribution >= 0.6 is 0 Å². The van der Waals surface area contributed by atoms with E-state index in [-0.39, 0.29) is 5.78 Å². The molecule has 0 aliphatic heterocycles. The van der Waals surface area contributed by atoms with Gasteiger partial charge in [-0.15, -0.1) is 6.58 Å². The lowest BCUT2D eigenvalue weighted by molar-refractivity contribution is 0.0978. The number of Topliss-reactive ketones (excluding diaryl/α,β-unsaturated/α-hetero) is 1. The van der Waals surface area contributed by atoms with E-state index in [0.717, 1.165) is 25.7 Å². The van der Waals surface area contributed by atoms with Gasteiger partial charge in [-0.2, -0.15) is 0 Å². The molecule has 0 aliphatic rings. The van der Waals surface area contributed by atoms with Gasteiger partial charge in [0.2, 0.25) is 0 Å². The van der Waals surface area contributed by atoms with Crippen molar-refractivity contribution < 1.29 is 14.3 Å². The molecule has 0 aliphatic carbocycles. The standard InChI is InChI=1S/C16H22O3/c1-4-5-6-7-8-9-16(17)13-10-14(18-2)12-15(11-13)19-3/h4,10-12H,1,5-9H2,2-3H3. The first kappa shape index (κ1) is 15.3. The summed E-state index contributed by atoms with van der Waals surface area (Å²) in [5.41, 5.74) is 0.653. The molecule has 0 fully saturated rings. The average Bonchev–Trinajstić information content (AvgIpc) is 2.46. The minimum Gasteiger partial charge on any atom is -0.497 e. The lowest BCUT2D eigenvalue weighted by Gasteiger charge is -2.07. The number of ketones is 1. The third kappa shape index (κ3) is 5.16. The van der Waals surface area contributed by atoms with Crippen molar-refractivity contribution in [2.24, 2.45) is 0 Å². The van der Waals surface area contributed by atoms with Gasteiger partial charge in [-0.3, -0.25) is 4.79 Å². The van der Waals surface area contributed by atoms with Gasteiger partial charge in [0, 0.05) is 18.1 Å². The van der Waals surface area contributed by atoms with Gasteiger partial charge in [-0.05, 0) is 31.4 Å². The fraction of sp³-hybridized carbons (Fsp3) is 0.438. The number of carbonyl (C=O) groups excluding carboxylic acids is 1. The number of hydrogen-bond donors (Lipinski definition) is 0. The van der Waals surface area contributed by atoms with Crippen LogP contribution in [0.25, 0.3) is 0 Å². The molecule has 0 spiro atoms. The molecule has 0 heterocycles. The SMILES string of the molecule is C=CCCCCCC(=O)c1cc(OC)cc(OC)c1. The summed E-state index contributed by atoms with van der Waals surface area (Å²) in [6.45, 7) is 3.68. The highest BCUT2D eigenvalue weighted by molar-refractivity contribution is 5.96. The van der Waals surface area contributed by atoms with Gasteiger partial charge in [0.15, 0.2) is 5.78 Å². The van der Waals surface area contributed by atoms with Gasteiger partial charge in [-0.1, -0.05) is 12.5 Å². The molecule has 1 aromatic rings. The third-order valence-corrected chi connectivity index (χ3v) is 2.99. The Bertz CT molecular complexity index is 402. The van der Waals surface area contributed by atoms with E-state index < -0.39 is 0 Å². The number of unbranched alkanes of at least 4 members (excludes halogenated alkanes) is 3. The summed E-state index contributed by atoms with van der Waals surface area (Å²) < 4.78 is 10.3. The summed E-state index contributed by atoms with van der Waals surface area (Å²) >= 11 is 0. The molecule has 104 valence electrons. The van der Waals surface area contributed by atoms with Crippen molar-refractivity contribution in [2.75, 3.05) is 14.2 Å². The van der Waals surface area contributed by atoms with Crippen molar-refractivity contribution in [1.29, 1.82) is 0 Å². The van der Waals surface area contributed by atoms with Gasteiger partial charge in [0.05, 0.1) is 14.2 Å².